The number of rotatable bonds is 1. The van der Waals surface area contributed by atoms with E-state index in [1.807, 2.05) is 32.2 Å². The number of nitrogens with zero attached hydrogens (tertiary/aromatic N) is 2. The van der Waals surface area contributed by atoms with Crippen molar-refractivity contribution in [2.24, 2.45) is 7.05 Å². The van der Waals surface area contributed by atoms with Crippen molar-refractivity contribution >= 4 is 33.5 Å². The molecule has 2 rings (SSSR count). The van der Waals surface area contributed by atoms with Gasteiger partial charge in [-0.25, -0.2) is 4.98 Å². The second-order valence-electron chi connectivity index (χ2n) is 3.63. The normalized spacial score (nSPS) is 10.8. The molecule has 0 fully saturated rings. The molecule has 0 saturated carbocycles. The van der Waals surface area contributed by atoms with Crippen molar-refractivity contribution in [2.45, 2.75) is 6.92 Å². The molecule has 0 aliphatic carbocycles. The van der Waals surface area contributed by atoms with Gasteiger partial charge in [-0.05, 0) is 24.6 Å². The maximum Gasteiger partial charge on any atom is 0.201 e. The highest BCUT2D eigenvalue weighted by atomic mass is 79.9. The van der Waals surface area contributed by atoms with Crippen molar-refractivity contribution in [3.63, 3.8) is 0 Å². The number of aromatic nitrogens is 2. The molecule has 0 aliphatic rings. The number of halogens is 2. The quantitative estimate of drug-likeness (QED) is 0.877. The van der Waals surface area contributed by atoms with Gasteiger partial charge in [-0.15, -0.1) is 0 Å². The molecule has 0 atom stereocenters. The zero-order chi connectivity index (χ0) is 11.9. The Hall–Kier alpha value is -1.00. The van der Waals surface area contributed by atoms with Gasteiger partial charge in [-0.2, -0.15) is 0 Å². The molecule has 0 saturated heterocycles. The summed E-state index contributed by atoms with van der Waals surface area (Å²) >= 11 is 9.53. The molecular formula is C11H11BrClN3. The highest BCUT2D eigenvalue weighted by molar-refractivity contribution is 9.10. The van der Waals surface area contributed by atoms with Crippen LogP contribution in [-0.2, 0) is 7.05 Å². The number of hydrogen-bond donors (Lipinski definition) is 1. The third kappa shape index (κ3) is 1.83. The molecule has 0 bridgehead atoms. The summed E-state index contributed by atoms with van der Waals surface area (Å²) in [5, 5.41) is 0.432. The van der Waals surface area contributed by atoms with Crippen molar-refractivity contribution in [2.75, 3.05) is 5.73 Å². The maximum absolute atomic E-state index is 6.08. The Balaban J connectivity index is 2.71. The summed E-state index contributed by atoms with van der Waals surface area (Å²) in [5.74, 6) is 0.416. The minimum atomic E-state index is 0.416. The third-order valence-electron chi connectivity index (χ3n) is 2.54. The highest BCUT2D eigenvalue weighted by Gasteiger charge is 2.14. The zero-order valence-corrected chi connectivity index (χ0v) is 11.3. The Morgan fingerprint density at radius 1 is 1.44 bits per heavy atom. The molecule has 1 aromatic carbocycles. The van der Waals surface area contributed by atoms with Crippen molar-refractivity contribution in [1.82, 2.24) is 9.55 Å². The SMILES string of the molecule is Cc1ccc(Br)cc1-c1c(Cl)nc(N)n1C. The van der Waals surface area contributed by atoms with Gasteiger partial charge in [0.15, 0.2) is 5.15 Å². The molecule has 5 heteroatoms. The first-order valence-electron chi connectivity index (χ1n) is 4.75. The van der Waals surface area contributed by atoms with Crippen molar-refractivity contribution in [3.8, 4) is 11.3 Å². The molecule has 84 valence electrons. The van der Waals surface area contributed by atoms with Gasteiger partial charge >= 0.3 is 0 Å². The summed E-state index contributed by atoms with van der Waals surface area (Å²) in [7, 11) is 1.85. The topological polar surface area (TPSA) is 43.8 Å². The molecule has 0 unspecified atom stereocenters. The lowest BCUT2D eigenvalue weighted by atomic mass is 10.1. The highest BCUT2D eigenvalue weighted by Crippen LogP contribution is 2.32. The first-order chi connectivity index (χ1) is 7.50. The zero-order valence-electron chi connectivity index (χ0n) is 8.96. The largest absolute Gasteiger partial charge is 0.369 e. The van der Waals surface area contributed by atoms with Gasteiger partial charge in [0.05, 0.1) is 5.69 Å². The van der Waals surface area contributed by atoms with Crippen molar-refractivity contribution in [3.05, 3.63) is 33.4 Å². The fourth-order valence-corrected chi connectivity index (χ4v) is 2.30. The van der Waals surface area contributed by atoms with E-state index in [-0.39, 0.29) is 0 Å². The van der Waals surface area contributed by atoms with Crippen LogP contribution in [0.5, 0.6) is 0 Å². The summed E-state index contributed by atoms with van der Waals surface area (Å²) in [4.78, 5) is 4.05. The first-order valence-corrected chi connectivity index (χ1v) is 5.92. The molecule has 0 aliphatic heterocycles. The van der Waals surface area contributed by atoms with Gasteiger partial charge in [0.1, 0.15) is 0 Å². The molecular weight excluding hydrogens is 289 g/mol. The molecule has 3 nitrogen and oxygen atoms in total. The molecule has 0 spiro atoms. The van der Waals surface area contributed by atoms with Crippen LogP contribution in [-0.4, -0.2) is 9.55 Å². The predicted octanol–water partition coefficient (Wildman–Crippen LogP) is 3.39. The number of aryl methyl sites for hydroxylation is 1. The van der Waals surface area contributed by atoms with E-state index in [2.05, 4.69) is 20.9 Å². The van der Waals surface area contributed by atoms with E-state index in [1.165, 1.54) is 0 Å². The van der Waals surface area contributed by atoms with Crippen LogP contribution in [0.15, 0.2) is 22.7 Å². The second-order valence-corrected chi connectivity index (χ2v) is 4.90. The van der Waals surface area contributed by atoms with E-state index >= 15 is 0 Å². The number of hydrogen-bond acceptors (Lipinski definition) is 2. The van der Waals surface area contributed by atoms with Crippen LogP contribution >= 0.6 is 27.5 Å². The van der Waals surface area contributed by atoms with Gasteiger partial charge in [0, 0.05) is 17.1 Å². The second kappa shape index (κ2) is 4.11. The Kier molecular flexibility index (Phi) is 2.95. The number of benzene rings is 1. The number of nitrogen functional groups attached to an aromatic ring is 1. The van der Waals surface area contributed by atoms with E-state index in [1.54, 1.807) is 4.57 Å². The third-order valence-corrected chi connectivity index (χ3v) is 3.30. The maximum atomic E-state index is 6.08. The monoisotopic (exact) mass is 299 g/mol. The fourth-order valence-electron chi connectivity index (χ4n) is 1.62. The van der Waals surface area contributed by atoms with Crippen LogP contribution in [0.2, 0.25) is 5.15 Å². The Morgan fingerprint density at radius 3 is 2.69 bits per heavy atom. The lowest BCUT2D eigenvalue weighted by Gasteiger charge is -2.08. The summed E-state index contributed by atoms with van der Waals surface area (Å²) < 4.78 is 2.79. The van der Waals surface area contributed by atoms with Crippen LogP contribution in [0.25, 0.3) is 11.3 Å². The Bertz CT molecular complexity index is 548. The molecule has 1 aromatic heterocycles. The number of anilines is 1. The molecule has 0 amide bonds. The summed E-state index contributed by atoms with van der Waals surface area (Å²) in [6.45, 7) is 2.03. The average Bonchev–Trinajstić information content (AvgIpc) is 2.46. The van der Waals surface area contributed by atoms with Crippen LogP contribution in [0, 0.1) is 6.92 Å². The van der Waals surface area contributed by atoms with Crippen molar-refractivity contribution in [1.29, 1.82) is 0 Å². The van der Waals surface area contributed by atoms with Gasteiger partial charge < -0.3 is 10.3 Å². The Morgan fingerprint density at radius 2 is 2.12 bits per heavy atom. The minimum absolute atomic E-state index is 0.416. The van der Waals surface area contributed by atoms with Crippen molar-refractivity contribution < 1.29 is 0 Å². The molecule has 0 radical (unpaired) electrons. The minimum Gasteiger partial charge on any atom is -0.369 e. The van der Waals surface area contributed by atoms with Gasteiger partial charge in [-0.1, -0.05) is 33.6 Å². The fraction of sp³-hybridized carbons (Fsp3) is 0.182. The molecule has 2 aromatic rings. The molecule has 16 heavy (non-hydrogen) atoms. The summed E-state index contributed by atoms with van der Waals surface area (Å²) in [6, 6.07) is 6.03. The van der Waals surface area contributed by atoms with Crippen LogP contribution < -0.4 is 5.73 Å². The van der Waals surface area contributed by atoms with Gasteiger partial charge in [0.25, 0.3) is 0 Å². The van der Waals surface area contributed by atoms with E-state index in [0.717, 1.165) is 21.3 Å². The first kappa shape index (κ1) is 11.5. The van der Waals surface area contributed by atoms with E-state index in [4.69, 9.17) is 17.3 Å². The number of imidazole rings is 1. The van der Waals surface area contributed by atoms with Crippen LogP contribution in [0.4, 0.5) is 5.95 Å². The lowest BCUT2D eigenvalue weighted by Crippen LogP contribution is -1.99. The Labute approximate surface area is 107 Å². The molecule has 1 heterocycles. The van der Waals surface area contributed by atoms with Crippen LogP contribution in [0.1, 0.15) is 5.56 Å². The van der Waals surface area contributed by atoms with Gasteiger partial charge in [-0.3, -0.25) is 0 Å². The van der Waals surface area contributed by atoms with E-state index in [0.29, 0.717) is 11.1 Å². The van der Waals surface area contributed by atoms with Crippen LogP contribution in [0.3, 0.4) is 0 Å². The number of nitrogens with two attached hydrogens (primary N) is 1. The average molecular weight is 301 g/mol. The van der Waals surface area contributed by atoms with Gasteiger partial charge in [0.2, 0.25) is 5.95 Å². The smallest absolute Gasteiger partial charge is 0.201 e. The summed E-state index contributed by atoms with van der Waals surface area (Å²) in [6.07, 6.45) is 0. The van der Waals surface area contributed by atoms with E-state index < -0.39 is 0 Å². The summed E-state index contributed by atoms with van der Waals surface area (Å²) in [5.41, 5.74) is 8.73. The predicted molar refractivity (Wildman–Crippen MR) is 70.5 cm³/mol. The molecule has 2 N–H and O–H groups in total. The standard InChI is InChI=1S/C11H11BrClN3/c1-6-3-4-7(12)5-8(6)9-10(13)15-11(14)16(9)2/h3-5H,1-2H3,(H2,14,15). The lowest BCUT2D eigenvalue weighted by molar-refractivity contribution is 0.937. The van der Waals surface area contributed by atoms with E-state index in [9.17, 15) is 0 Å².